The van der Waals surface area contributed by atoms with Gasteiger partial charge in [0.05, 0.1) is 6.61 Å². The summed E-state index contributed by atoms with van der Waals surface area (Å²) >= 11 is 0. The molecule has 0 saturated heterocycles. The van der Waals surface area contributed by atoms with Gasteiger partial charge in [-0.05, 0) is 19.8 Å². The van der Waals surface area contributed by atoms with Gasteiger partial charge < -0.3 is 21.1 Å². The van der Waals surface area contributed by atoms with E-state index in [0.717, 1.165) is 12.8 Å². The number of hydrogen-bond donors (Lipinski definition) is 3. The van der Waals surface area contributed by atoms with Crippen LogP contribution in [0.15, 0.2) is 6.33 Å². The first-order valence-electron chi connectivity index (χ1n) is 6.87. The SMILES string of the molecule is CCCNC(=O)C(C)Nc1ncnc(OCCC)c1N. The van der Waals surface area contributed by atoms with Gasteiger partial charge in [-0.15, -0.1) is 0 Å². The number of hydrogen-bond acceptors (Lipinski definition) is 6. The number of nitrogens with one attached hydrogen (secondary N) is 2. The van der Waals surface area contributed by atoms with E-state index in [-0.39, 0.29) is 5.91 Å². The molecule has 1 rings (SSSR count). The summed E-state index contributed by atoms with van der Waals surface area (Å²) < 4.78 is 5.42. The number of ether oxygens (including phenoxy) is 1. The summed E-state index contributed by atoms with van der Waals surface area (Å²) in [6.45, 7) is 6.93. The van der Waals surface area contributed by atoms with Crippen molar-refractivity contribution in [3.63, 3.8) is 0 Å². The number of rotatable bonds is 8. The molecule has 4 N–H and O–H groups in total. The standard InChI is InChI=1S/C13H23N5O2/c1-4-6-15-12(19)9(3)18-11-10(14)13(17-8-16-11)20-7-5-2/h8-9H,4-7,14H2,1-3H3,(H,15,19)(H,16,17,18). The summed E-state index contributed by atoms with van der Waals surface area (Å²) in [7, 11) is 0. The molecule has 0 aliphatic rings. The number of anilines is 2. The Morgan fingerprint density at radius 2 is 2.15 bits per heavy atom. The van der Waals surface area contributed by atoms with Gasteiger partial charge in [0.1, 0.15) is 18.1 Å². The predicted molar refractivity (Wildman–Crippen MR) is 78.6 cm³/mol. The van der Waals surface area contributed by atoms with Gasteiger partial charge in [0.25, 0.3) is 0 Å². The summed E-state index contributed by atoms with van der Waals surface area (Å²) in [6, 6.07) is -0.433. The molecule has 1 atom stereocenters. The van der Waals surface area contributed by atoms with Gasteiger partial charge in [-0.3, -0.25) is 4.79 Å². The van der Waals surface area contributed by atoms with Crippen molar-refractivity contribution < 1.29 is 9.53 Å². The first kappa shape index (κ1) is 16.0. The van der Waals surface area contributed by atoms with Crippen LogP contribution in [-0.4, -0.2) is 35.1 Å². The van der Waals surface area contributed by atoms with E-state index in [1.165, 1.54) is 6.33 Å². The molecule has 0 saturated carbocycles. The Morgan fingerprint density at radius 3 is 2.80 bits per heavy atom. The van der Waals surface area contributed by atoms with Crippen LogP contribution >= 0.6 is 0 Å². The Bertz CT molecular complexity index is 439. The highest BCUT2D eigenvalue weighted by atomic mass is 16.5. The second kappa shape index (κ2) is 8.19. The van der Waals surface area contributed by atoms with E-state index in [9.17, 15) is 4.79 Å². The molecule has 1 unspecified atom stereocenters. The average molecular weight is 281 g/mol. The minimum Gasteiger partial charge on any atom is -0.476 e. The molecular weight excluding hydrogens is 258 g/mol. The summed E-state index contributed by atoms with van der Waals surface area (Å²) in [5, 5.41) is 5.77. The van der Waals surface area contributed by atoms with Gasteiger partial charge in [0.15, 0.2) is 5.82 Å². The molecule has 0 radical (unpaired) electrons. The van der Waals surface area contributed by atoms with E-state index in [1.54, 1.807) is 6.92 Å². The number of amides is 1. The Hall–Kier alpha value is -2.05. The van der Waals surface area contributed by atoms with E-state index in [2.05, 4.69) is 20.6 Å². The lowest BCUT2D eigenvalue weighted by atomic mass is 10.3. The molecule has 1 aromatic rings. The molecule has 0 fully saturated rings. The second-order valence-electron chi connectivity index (χ2n) is 4.45. The quantitative estimate of drug-likeness (QED) is 0.661. The molecule has 112 valence electrons. The van der Waals surface area contributed by atoms with Gasteiger partial charge in [-0.2, -0.15) is 4.98 Å². The van der Waals surface area contributed by atoms with Crippen LogP contribution in [0.5, 0.6) is 5.88 Å². The molecular formula is C13H23N5O2. The molecule has 0 aliphatic carbocycles. The third kappa shape index (κ3) is 4.56. The zero-order valence-corrected chi connectivity index (χ0v) is 12.3. The molecule has 20 heavy (non-hydrogen) atoms. The molecule has 1 aromatic heterocycles. The molecule has 7 heteroatoms. The fourth-order valence-electron chi connectivity index (χ4n) is 1.48. The van der Waals surface area contributed by atoms with E-state index in [0.29, 0.717) is 30.5 Å². The second-order valence-corrected chi connectivity index (χ2v) is 4.45. The van der Waals surface area contributed by atoms with Crippen LogP contribution < -0.4 is 21.1 Å². The molecule has 0 aliphatic heterocycles. The van der Waals surface area contributed by atoms with Crippen molar-refractivity contribution in [3.8, 4) is 5.88 Å². The fourth-order valence-corrected chi connectivity index (χ4v) is 1.48. The van der Waals surface area contributed by atoms with Crippen LogP contribution in [0, 0.1) is 0 Å². The average Bonchev–Trinajstić information content (AvgIpc) is 2.45. The molecule has 0 bridgehead atoms. The van der Waals surface area contributed by atoms with Gasteiger partial charge in [-0.25, -0.2) is 4.98 Å². The molecule has 7 nitrogen and oxygen atoms in total. The smallest absolute Gasteiger partial charge is 0.242 e. The van der Waals surface area contributed by atoms with Crippen molar-refractivity contribution in [1.82, 2.24) is 15.3 Å². The lowest BCUT2D eigenvalue weighted by molar-refractivity contribution is -0.121. The van der Waals surface area contributed by atoms with E-state index in [4.69, 9.17) is 10.5 Å². The molecule has 1 amide bonds. The third-order valence-corrected chi connectivity index (χ3v) is 2.59. The zero-order valence-electron chi connectivity index (χ0n) is 12.3. The molecule has 0 aromatic carbocycles. The van der Waals surface area contributed by atoms with Gasteiger partial charge in [0.2, 0.25) is 11.8 Å². The number of carbonyl (C=O) groups excluding carboxylic acids is 1. The minimum absolute atomic E-state index is 0.0964. The van der Waals surface area contributed by atoms with E-state index in [1.807, 2.05) is 13.8 Å². The highest BCUT2D eigenvalue weighted by Crippen LogP contribution is 2.25. The van der Waals surface area contributed by atoms with Crippen molar-refractivity contribution in [3.05, 3.63) is 6.33 Å². The number of nitrogens with two attached hydrogens (primary N) is 1. The summed E-state index contributed by atoms with van der Waals surface area (Å²) in [5.41, 5.74) is 6.24. The normalized spacial score (nSPS) is 11.8. The summed E-state index contributed by atoms with van der Waals surface area (Å²) in [5.74, 6) is 0.650. The Balaban J connectivity index is 2.69. The van der Waals surface area contributed by atoms with Gasteiger partial charge >= 0.3 is 0 Å². The third-order valence-electron chi connectivity index (χ3n) is 2.59. The van der Waals surface area contributed by atoms with Crippen LogP contribution in [0.25, 0.3) is 0 Å². The minimum atomic E-state index is -0.433. The van der Waals surface area contributed by atoms with Crippen LogP contribution in [0.2, 0.25) is 0 Å². The molecule has 0 spiro atoms. The molecule has 1 heterocycles. The Morgan fingerprint density at radius 1 is 1.40 bits per heavy atom. The zero-order chi connectivity index (χ0) is 15.0. The van der Waals surface area contributed by atoms with Crippen molar-refractivity contribution >= 4 is 17.4 Å². The monoisotopic (exact) mass is 281 g/mol. The lowest BCUT2D eigenvalue weighted by Crippen LogP contribution is -2.38. The fraction of sp³-hybridized carbons (Fsp3) is 0.615. The summed E-state index contributed by atoms with van der Waals surface area (Å²) in [4.78, 5) is 19.8. The van der Waals surface area contributed by atoms with Crippen LogP contribution in [-0.2, 0) is 4.79 Å². The van der Waals surface area contributed by atoms with Gasteiger partial charge in [0, 0.05) is 6.54 Å². The van der Waals surface area contributed by atoms with Crippen molar-refractivity contribution in [2.45, 2.75) is 39.7 Å². The maximum absolute atomic E-state index is 11.8. The predicted octanol–water partition coefficient (Wildman–Crippen LogP) is 1.17. The van der Waals surface area contributed by atoms with E-state index >= 15 is 0 Å². The maximum Gasteiger partial charge on any atom is 0.242 e. The number of carbonyl (C=O) groups is 1. The highest BCUT2D eigenvalue weighted by Gasteiger charge is 2.16. The van der Waals surface area contributed by atoms with Gasteiger partial charge in [-0.1, -0.05) is 13.8 Å². The Kier molecular flexibility index (Phi) is 6.55. The Labute approximate surface area is 119 Å². The number of nitrogen functional groups attached to an aromatic ring is 1. The largest absolute Gasteiger partial charge is 0.476 e. The maximum atomic E-state index is 11.8. The van der Waals surface area contributed by atoms with Crippen LogP contribution in [0.1, 0.15) is 33.6 Å². The number of aromatic nitrogens is 2. The van der Waals surface area contributed by atoms with Crippen LogP contribution in [0.4, 0.5) is 11.5 Å². The highest BCUT2D eigenvalue weighted by molar-refractivity contribution is 5.85. The van der Waals surface area contributed by atoms with Crippen molar-refractivity contribution in [1.29, 1.82) is 0 Å². The topological polar surface area (TPSA) is 102 Å². The van der Waals surface area contributed by atoms with Crippen molar-refractivity contribution in [2.75, 3.05) is 24.2 Å². The van der Waals surface area contributed by atoms with Crippen LogP contribution in [0.3, 0.4) is 0 Å². The summed E-state index contributed by atoms with van der Waals surface area (Å²) in [6.07, 6.45) is 3.12. The first-order chi connectivity index (χ1) is 9.60. The number of nitrogens with zero attached hydrogens (tertiary/aromatic N) is 2. The first-order valence-corrected chi connectivity index (χ1v) is 6.87. The lowest BCUT2D eigenvalue weighted by Gasteiger charge is -2.16. The van der Waals surface area contributed by atoms with Crippen molar-refractivity contribution in [2.24, 2.45) is 0 Å². The van der Waals surface area contributed by atoms with E-state index < -0.39 is 6.04 Å².